The number of amides is 2. The number of rotatable bonds is 5. The fraction of sp³-hybridized carbons (Fsp3) is 0.176. The van der Waals surface area contributed by atoms with Crippen molar-refractivity contribution in [1.82, 2.24) is 10.9 Å². The van der Waals surface area contributed by atoms with E-state index in [1.807, 2.05) is 0 Å². The van der Waals surface area contributed by atoms with Gasteiger partial charge in [0, 0.05) is 10.0 Å². The Bertz CT molecular complexity index is 824. The average molecular weight is 421 g/mol. The van der Waals surface area contributed by atoms with E-state index in [4.69, 9.17) is 27.9 Å². The van der Waals surface area contributed by atoms with Crippen molar-refractivity contribution in [3.63, 3.8) is 0 Å². The molecule has 0 atom stereocenters. The second-order valence-electron chi connectivity index (χ2n) is 5.29. The van der Waals surface area contributed by atoms with Gasteiger partial charge in [0.25, 0.3) is 5.91 Å². The van der Waals surface area contributed by atoms with E-state index in [1.165, 1.54) is 6.07 Å². The minimum atomic E-state index is -4.52. The first kappa shape index (κ1) is 20.9. The summed E-state index contributed by atoms with van der Waals surface area (Å²) in [5.41, 5.74) is 3.72. The number of alkyl halides is 3. The summed E-state index contributed by atoms with van der Waals surface area (Å²) in [5.74, 6) is -1.47. The summed E-state index contributed by atoms with van der Waals surface area (Å²) < 4.78 is 42.8. The molecule has 2 amide bonds. The van der Waals surface area contributed by atoms with E-state index in [1.54, 1.807) is 18.2 Å². The molecule has 0 saturated heterocycles. The van der Waals surface area contributed by atoms with Crippen LogP contribution in [-0.4, -0.2) is 18.4 Å². The van der Waals surface area contributed by atoms with Gasteiger partial charge in [-0.2, -0.15) is 13.2 Å². The predicted molar refractivity (Wildman–Crippen MR) is 93.4 cm³/mol. The number of hydrogen-bond acceptors (Lipinski definition) is 3. The van der Waals surface area contributed by atoms with Crippen LogP contribution in [0.25, 0.3) is 0 Å². The van der Waals surface area contributed by atoms with Crippen LogP contribution in [0.3, 0.4) is 0 Å². The molecule has 0 aromatic heterocycles. The minimum Gasteiger partial charge on any atom is -0.484 e. The number of halogens is 5. The highest BCUT2D eigenvalue weighted by Crippen LogP contribution is 2.31. The largest absolute Gasteiger partial charge is 0.484 e. The summed E-state index contributed by atoms with van der Waals surface area (Å²) >= 11 is 11.9. The number of benzene rings is 2. The molecule has 0 radical (unpaired) electrons. The number of ether oxygens (including phenoxy) is 1. The van der Waals surface area contributed by atoms with Crippen molar-refractivity contribution < 1.29 is 27.5 Å². The van der Waals surface area contributed by atoms with Crippen LogP contribution in [0.2, 0.25) is 10.0 Å². The first-order valence-corrected chi connectivity index (χ1v) is 8.23. The molecular weight excluding hydrogens is 408 g/mol. The highest BCUT2D eigenvalue weighted by atomic mass is 35.5. The molecule has 0 bridgehead atoms. The summed E-state index contributed by atoms with van der Waals surface area (Å²) in [6, 6.07) is 8.85. The van der Waals surface area contributed by atoms with Crippen molar-refractivity contribution in [2.75, 3.05) is 6.61 Å². The van der Waals surface area contributed by atoms with Crippen molar-refractivity contribution >= 4 is 35.0 Å². The maximum atomic E-state index is 12.6. The third kappa shape index (κ3) is 6.33. The number of hydrogen-bond donors (Lipinski definition) is 2. The first-order chi connectivity index (χ1) is 12.7. The zero-order valence-corrected chi connectivity index (χ0v) is 15.1. The van der Waals surface area contributed by atoms with Crippen LogP contribution in [0.4, 0.5) is 13.2 Å². The molecule has 5 nitrogen and oxygen atoms in total. The van der Waals surface area contributed by atoms with E-state index in [-0.39, 0.29) is 12.2 Å². The smallest absolute Gasteiger partial charge is 0.416 e. The highest BCUT2D eigenvalue weighted by molar-refractivity contribution is 6.36. The Balaban J connectivity index is 1.82. The molecule has 0 unspecified atom stereocenters. The Kier molecular flexibility index (Phi) is 6.92. The number of carbonyl (C=O) groups is 2. The molecule has 0 fully saturated rings. The Morgan fingerprint density at radius 1 is 0.963 bits per heavy atom. The lowest BCUT2D eigenvalue weighted by molar-refractivity contribution is -0.137. The van der Waals surface area contributed by atoms with E-state index in [0.717, 1.165) is 18.2 Å². The van der Waals surface area contributed by atoms with Crippen LogP contribution >= 0.6 is 23.2 Å². The summed E-state index contributed by atoms with van der Waals surface area (Å²) in [6.45, 7) is -0.589. The van der Waals surface area contributed by atoms with E-state index in [9.17, 15) is 22.8 Å². The fourth-order valence-electron chi connectivity index (χ4n) is 1.99. The second-order valence-corrected chi connectivity index (χ2v) is 6.10. The van der Waals surface area contributed by atoms with Gasteiger partial charge in [-0.3, -0.25) is 20.4 Å². The van der Waals surface area contributed by atoms with E-state index in [2.05, 4.69) is 10.9 Å². The molecule has 0 saturated carbocycles. The number of hydrazine groups is 1. The normalized spacial score (nSPS) is 11.0. The van der Waals surface area contributed by atoms with Crippen molar-refractivity contribution in [3.05, 3.63) is 63.6 Å². The van der Waals surface area contributed by atoms with Gasteiger partial charge in [0.1, 0.15) is 5.75 Å². The molecule has 2 rings (SSSR count). The molecule has 0 aliphatic heterocycles. The Labute approximate surface area is 162 Å². The van der Waals surface area contributed by atoms with Crippen LogP contribution in [0.1, 0.15) is 11.1 Å². The zero-order chi connectivity index (χ0) is 20.0. The second kappa shape index (κ2) is 8.96. The van der Waals surface area contributed by atoms with Crippen molar-refractivity contribution in [2.24, 2.45) is 0 Å². The lowest BCUT2D eigenvalue weighted by Crippen LogP contribution is -2.44. The molecule has 27 heavy (non-hydrogen) atoms. The monoisotopic (exact) mass is 420 g/mol. The van der Waals surface area contributed by atoms with Gasteiger partial charge in [-0.05, 0) is 35.9 Å². The number of nitrogens with one attached hydrogen (secondary N) is 2. The summed E-state index contributed by atoms with van der Waals surface area (Å²) in [7, 11) is 0. The number of carbonyl (C=O) groups excluding carboxylic acids is 2. The Hall–Kier alpha value is -2.45. The van der Waals surface area contributed by atoms with Gasteiger partial charge in [0.2, 0.25) is 5.91 Å². The Morgan fingerprint density at radius 3 is 2.19 bits per heavy atom. The van der Waals surface area contributed by atoms with Gasteiger partial charge in [-0.25, -0.2) is 0 Å². The van der Waals surface area contributed by atoms with Crippen LogP contribution in [0, 0.1) is 0 Å². The molecule has 10 heteroatoms. The lowest BCUT2D eigenvalue weighted by atomic mass is 10.1. The molecular formula is C17H13Cl2F3N2O3. The van der Waals surface area contributed by atoms with Crippen molar-refractivity contribution in [3.8, 4) is 5.75 Å². The Morgan fingerprint density at radius 2 is 1.56 bits per heavy atom. The third-order valence-corrected chi connectivity index (χ3v) is 3.98. The topological polar surface area (TPSA) is 67.4 Å². The summed E-state index contributed by atoms with van der Waals surface area (Å²) in [6.07, 6.45) is -4.69. The van der Waals surface area contributed by atoms with Gasteiger partial charge in [0.15, 0.2) is 6.61 Å². The molecule has 2 N–H and O–H groups in total. The van der Waals surface area contributed by atoms with Gasteiger partial charge in [0.05, 0.1) is 12.0 Å². The van der Waals surface area contributed by atoms with Crippen LogP contribution in [0.15, 0.2) is 42.5 Å². The molecule has 2 aromatic carbocycles. The fourth-order valence-corrected chi connectivity index (χ4v) is 2.52. The quantitative estimate of drug-likeness (QED) is 0.723. The average Bonchev–Trinajstić information content (AvgIpc) is 2.61. The molecule has 144 valence electrons. The molecule has 0 heterocycles. The van der Waals surface area contributed by atoms with Gasteiger partial charge in [-0.15, -0.1) is 0 Å². The van der Waals surface area contributed by atoms with Crippen LogP contribution in [0.5, 0.6) is 5.75 Å². The molecule has 0 aliphatic carbocycles. The van der Waals surface area contributed by atoms with E-state index < -0.39 is 30.2 Å². The van der Waals surface area contributed by atoms with Gasteiger partial charge < -0.3 is 4.74 Å². The summed E-state index contributed by atoms with van der Waals surface area (Å²) in [5, 5.41) is 0.605. The maximum Gasteiger partial charge on any atom is 0.416 e. The SMILES string of the molecule is O=C(COc1cccc(C(F)(F)F)c1)NNC(=O)Cc1c(Cl)cccc1Cl. The highest BCUT2D eigenvalue weighted by Gasteiger charge is 2.30. The molecule has 0 aliphatic rings. The zero-order valence-electron chi connectivity index (χ0n) is 13.6. The van der Waals surface area contributed by atoms with Gasteiger partial charge in [-0.1, -0.05) is 35.3 Å². The molecule has 0 spiro atoms. The van der Waals surface area contributed by atoms with E-state index >= 15 is 0 Å². The first-order valence-electron chi connectivity index (χ1n) is 7.47. The summed E-state index contributed by atoms with van der Waals surface area (Å²) in [4.78, 5) is 23.5. The maximum absolute atomic E-state index is 12.6. The van der Waals surface area contributed by atoms with Crippen molar-refractivity contribution in [1.29, 1.82) is 0 Å². The van der Waals surface area contributed by atoms with Crippen LogP contribution < -0.4 is 15.6 Å². The van der Waals surface area contributed by atoms with Gasteiger partial charge >= 0.3 is 6.18 Å². The van der Waals surface area contributed by atoms with Crippen LogP contribution in [-0.2, 0) is 22.2 Å². The lowest BCUT2D eigenvalue weighted by Gasteiger charge is -2.11. The van der Waals surface area contributed by atoms with Crippen molar-refractivity contribution in [2.45, 2.75) is 12.6 Å². The third-order valence-electron chi connectivity index (χ3n) is 3.27. The predicted octanol–water partition coefficient (Wildman–Crippen LogP) is 3.78. The minimum absolute atomic E-state index is 0.130. The standard InChI is InChI=1S/C17H13Cl2F3N2O3/c18-13-5-2-6-14(19)12(13)8-15(25)23-24-16(26)9-27-11-4-1-3-10(7-11)17(20,21)22/h1-7H,8-9H2,(H,23,25)(H,24,26). The molecule has 2 aromatic rings. The van der Waals surface area contributed by atoms with E-state index in [0.29, 0.717) is 15.6 Å².